The van der Waals surface area contributed by atoms with E-state index < -0.39 is 0 Å². The van der Waals surface area contributed by atoms with E-state index in [1.54, 1.807) is 0 Å². The smallest absolute Gasteiger partial charge is 0.124 e. The summed E-state index contributed by atoms with van der Waals surface area (Å²) in [7, 11) is 0. The minimum absolute atomic E-state index is 0.472. The molecule has 0 radical (unpaired) electrons. The molecule has 3 aromatic carbocycles. The fraction of sp³-hybridized carbons (Fsp3) is 0.333. The van der Waals surface area contributed by atoms with Crippen LogP contribution >= 0.6 is 11.6 Å². The maximum absolute atomic E-state index is 6.30. The molecule has 0 spiro atoms. The molecule has 3 nitrogen and oxygen atoms in total. The molecule has 4 rings (SSSR count). The first-order valence-corrected chi connectivity index (χ1v) is 10.5. The molecule has 0 amide bonds. The Morgan fingerprint density at radius 1 is 0.964 bits per heavy atom. The van der Waals surface area contributed by atoms with Gasteiger partial charge in [0.05, 0.1) is 0 Å². The maximum atomic E-state index is 6.30. The zero-order chi connectivity index (χ0) is 19.2. The van der Waals surface area contributed by atoms with Crippen molar-refractivity contribution in [3.63, 3.8) is 0 Å². The van der Waals surface area contributed by atoms with Crippen LogP contribution in [0.3, 0.4) is 0 Å². The van der Waals surface area contributed by atoms with Gasteiger partial charge in [-0.2, -0.15) is 0 Å². The highest BCUT2D eigenvalue weighted by atomic mass is 35.5. The summed E-state index contributed by atoms with van der Waals surface area (Å²) in [6, 6.07) is 20.6. The van der Waals surface area contributed by atoms with Crippen molar-refractivity contribution < 1.29 is 4.74 Å². The van der Waals surface area contributed by atoms with Crippen LogP contribution in [0, 0.1) is 5.92 Å². The number of piperidine rings is 1. The first-order chi connectivity index (χ1) is 13.8. The van der Waals surface area contributed by atoms with E-state index >= 15 is 0 Å². The minimum atomic E-state index is 0.472. The fourth-order valence-electron chi connectivity index (χ4n) is 3.89. The van der Waals surface area contributed by atoms with E-state index in [2.05, 4.69) is 47.0 Å². The zero-order valence-electron chi connectivity index (χ0n) is 16.1. The Hall–Kier alpha value is -2.07. The molecule has 4 heteroatoms. The lowest BCUT2D eigenvalue weighted by molar-refractivity contribution is 0.301. The van der Waals surface area contributed by atoms with Gasteiger partial charge in [-0.05, 0) is 61.3 Å². The van der Waals surface area contributed by atoms with Crippen molar-refractivity contribution in [1.29, 1.82) is 0 Å². The fourth-order valence-corrected chi connectivity index (χ4v) is 4.08. The summed E-state index contributed by atoms with van der Waals surface area (Å²) < 4.78 is 6.22. The van der Waals surface area contributed by atoms with Gasteiger partial charge in [0.15, 0.2) is 0 Å². The van der Waals surface area contributed by atoms with Crippen molar-refractivity contribution in [3.05, 3.63) is 76.8 Å². The third kappa shape index (κ3) is 4.67. The molecule has 0 atom stereocenters. The number of fused-ring (bicyclic) bond motifs is 1. The van der Waals surface area contributed by atoms with Crippen LogP contribution in [0.4, 0.5) is 0 Å². The number of halogens is 1. The number of hydrogen-bond donors (Lipinski definition) is 2. The second kappa shape index (κ2) is 9.42. The molecule has 28 heavy (non-hydrogen) atoms. The van der Waals surface area contributed by atoms with E-state index in [0.717, 1.165) is 48.4 Å². The minimum Gasteiger partial charge on any atom is -0.488 e. The summed E-state index contributed by atoms with van der Waals surface area (Å²) >= 11 is 6.30. The molecular formula is C24H27ClN2O. The van der Waals surface area contributed by atoms with Gasteiger partial charge >= 0.3 is 0 Å². The van der Waals surface area contributed by atoms with Crippen molar-refractivity contribution in [2.45, 2.75) is 26.0 Å². The largest absolute Gasteiger partial charge is 0.488 e. The molecule has 0 unspecified atom stereocenters. The van der Waals surface area contributed by atoms with E-state index in [-0.39, 0.29) is 0 Å². The Kier molecular flexibility index (Phi) is 6.48. The Labute approximate surface area is 172 Å². The quantitative estimate of drug-likeness (QED) is 0.580. The van der Waals surface area contributed by atoms with Crippen LogP contribution in [0.25, 0.3) is 10.8 Å². The summed E-state index contributed by atoms with van der Waals surface area (Å²) in [5.74, 6) is 1.68. The Morgan fingerprint density at radius 3 is 2.61 bits per heavy atom. The molecule has 1 heterocycles. The van der Waals surface area contributed by atoms with E-state index in [0.29, 0.717) is 6.61 Å². The Bertz CT molecular complexity index is 921. The first-order valence-electron chi connectivity index (χ1n) is 10.1. The SMILES string of the molecule is Clc1ccccc1COc1ccc2ccccc2c1CNCC1CCNCC1. The predicted molar refractivity (Wildman–Crippen MR) is 117 cm³/mol. The summed E-state index contributed by atoms with van der Waals surface area (Å²) in [5, 5.41) is 10.3. The Balaban J connectivity index is 1.51. The summed E-state index contributed by atoms with van der Waals surface area (Å²) in [6.45, 7) is 4.59. The van der Waals surface area contributed by atoms with E-state index in [9.17, 15) is 0 Å². The van der Waals surface area contributed by atoms with Crippen molar-refractivity contribution in [2.24, 2.45) is 5.92 Å². The van der Waals surface area contributed by atoms with Gasteiger partial charge in [-0.25, -0.2) is 0 Å². The van der Waals surface area contributed by atoms with Gasteiger partial charge in [0, 0.05) is 22.7 Å². The summed E-state index contributed by atoms with van der Waals surface area (Å²) in [5.41, 5.74) is 2.23. The lowest BCUT2D eigenvalue weighted by Crippen LogP contribution is -2.33. The average Bonchev–Trinajstić information content (AvgIpc) is 2.74. The zero-order valence-corrected chi connectivity index (χ0v) is 16.8. The average molecular weight is 395 g/mol. The number of ether oxygens (including phenoxy) is 1. The van der Waals surface area contributed by atoms with Crippen LogP contribution in [0.5, 0.6) is 5.75 Å². The molecular weight excluding hydrogens is 368 g/mol. The van der Waals surface area contributed by atoms with Crippen molar-refractivity contribution in [3.8, 4) is 5.75 Å². The van der Waals surface area contributed by atoms with Crippen molar-refractivity contribution >= 4 is 22.4 Å². The molecule has 0 bridgehead atoms. The van der Waals surface area contributed by atoms with Crippen LogP contribution < -0.4 is 15.4 Å². The van der Waals surface area contributed by atoms with Gasteiger partial charge < -0.3 is 15.4 Å². The third-order valence-electron chi connectivity index (χ3n) is 5.53. The second-order valence-corrected chi connectivity index (χ2v) is 7.87. The van der Waals surface area contributed by atoms with E-state index in [4.69, 9.17) is 16.3 Å². The van der Waals surface area contributed by atoms with Gasteiger partial charge in [0.25, 0.3) is 0 Å². The standard InChI is InChI=1S/C24H27ClN2O/c25-23-8-4-2-6-20(23)17-28-24-10-9-19-5-1-3-7-21(19)22(24)16-27-15-18-11-13-26-14-12-18/h1-10,18,26-27H,11-17H2. The molecule has 0 aliphatic carbocycles. The van der Waals surface area contributed by atoms with Gasteiger partial charge in [0.2, 0.25) is 0 Å². The van der Waals surface area contributed by atoms with Crippen LogP contribution in [-0.4, -0.2) is 19.6 Å². The predicted octanol–water partition coefficient (Wildman–Crippen LogP) is 5.16. The van der Waals surface area contributed by atoms with Gasteiger partial charge in [0.1, 0.15) is 12.4 Å². The van der Waals surface area contributed by atoms with E-state index in [1.807, 2.05) is 24.3 Å². The summed E-state index contributed by atoms with van der Waals surface area (Å²) in [6.07, 6.45) is 2.50. The number of hydrogen-bond acceptors (Lipinski definition) is 3. The number of benzene rings is 3. The Morgan fingerprint density at radius 2 is 1.75 bits per heavy atom. The highest BCUT2D eigenvalue weighted by Crippen LogP contribution is 2.29. The molecule has 0 aromatic heterocycles. The monoisotopic (exact) mass is 394 g/mol. The highest BCUT2D eigenvalue weighted by Gasteiger charge is 2.14. The number of rotatable bonds is 7. The normalized spacial score (nSPS) is 15.0. The molecule has 1 saturated heterocycles. The van der Waals surface area contributed by atoms with Crippen LogP contribution in [0.15, 0.2) is 60.7 Å². The molecule has 1 aliphatic heterocycles. The van der Waals surface area contributed by atoms with Crippen LogP contribution in [-0.2, 0) is 13.2 Å². The molecule has 2 N–H and O–H groups in total. The van der Waals surface area contributed by atoms with E-state index in [1.165, 1.54) is 29.2 Å². The van der Waals surface area contributed by atoms with Crippen LogP contribution in [0.1, 0.15) is 24.0 Å². The van der Waals surface area contributed by atoms with Crippen molar-refractivity contribution in [2.75, 3.05) is 19.6 Å². The molecule has 3 aromatic rings. The molecule has 1 aliphatic rings. The van der Waals surface area contributed by atoms with Gasteiger partial charge in [-0.1, -0.05) is 60.1 Å². The van der Waals surface area contributed by atoms with Crippen LogP contribution in [0.2, 0.25) is 5.02 Å². The second-order valence-electron chi connectivity index (χ2n) is 7.47. The third-order valence-corrected chi connectivity index (χ3v) is 5.90. The highest BCUT2D eigenvalue weighted by molar-refractivity contribution is 6.31. The topological polar surface area (TPSA) is 33.3 Å². The summed E-state index contributed by atoms with van der Waals surface area (Å²) in [4.78, 5) is 0. The van der Waals surface area contributed by atoms with Crippen molar-refractivity contribution in [1.82, 2.24) is 10.6 Å². The lowest BCUT2D eigenvalue weighted by Gasteiger charge is -2.23. The van der Waals surface area contributed by atoms with Gasteiger partial charge in [-0.3, -0.25) is 0 Å². The molecule has 0 saturated carbocycles. The van der Waals surface area contributed by atoms with Gasteiger partial charge in [-0.15, -0.1) is 0 Å². The number of nitrogens with one attached hydrogen (secondary N) is 2. The molecule has 1 fully saturated rings. The molecule has 146 valence electrons. The first kappa shape index (κ1) is 19.3. The lowest BCUT2D eigenvalue weighted by atomic mass is 9.98. The maximum Gasteiger partial charge on any atom is 0.124 e.